The van der Waals surface area contributed by atoms with Gasteiger partial charge in [0.2, 0.25) is 0 Å². The van der Waals surface area contributed by atoms with E-state index in [2.05, 4.69) is 21.2 Å². The zero-order chi connectivity index (χ0) is 23.0. The fourth-order valence-corrected chi connectivity index (χ4v) is 2.97. The molecule has 0 radical (unpaired) electrons. The van der Waals surface area contributed by atoms with Crippen molar-refractivity contribution in [3.05, 3.63) is 75.4 Å². The number of hydrogen-bond acceptors (Lipinski definition) is 6. The van der Waals surface area contributed by atoms with E-state index in [4.69, 9.17) is 14.2 Å². The van der Waals surface area contributed by atoms with Crippen molar-refractivity contribution >= 4 is 40.0 Å². The van der Waals surface area contributed by atoms with Crippen molar-refractivity contribution < 1.29 is 28.6 Å². The van der Waals surface area contributed by atoms with Gasteiger partial charge in [-0.2, -0.15) is 0 Å². The molecule has 0 fully saturated rings. The molecule has 0 aliphatic heterocycles. The molecule has 0 heterocycles. The van der Waals surface area contributed by atoms with Crippen LogP contribution in [0.1, 0.15) is 42.3 Å². The van der Waals surface area contributed by atoms with E-state index in [0.717, 1.165) is 5.56 Å². The number of alkyl carbamates (subject to hydrolysis) is 1. The van der Waals surface area contributed by atoms with Crippen LogP contribution < -0.4 is 5.32 Å². The largest absolute Gasteiger partial charge is 0.465 e. The predicted molar refractivity (Wildman–Crippen MR) is 119 cm³/mol. The number of benzene rings is 2. The molecule has 1 N–H and O–H groups in total. The first-order valence-corrected chi connectivity index (χ1v) is 10.2. The molecule has 2 rings (SSSR count). The normalized spacial score (nSPS) is 11.5. The van der Waals surface area contributed by atoms with Crippen molar-refractivity contribution in [2.24, 2.45) is 0 Å². The summed E-state index contributed by atoms with van der Waals surface area (Å²) < 4.78 is 15.9. The molecule has 164 valence electrons. The minimum absolute atomic E-state index is 0.0267. The van der Waals surface area contributed by atoms with Crippen LogP contribution in [0.5, 0.6) is 0 Å². The summed E-state index contributed by atoms with van der Waals surface area (Å²) in [6.45, 7) is 5.15. The SMILES string of the molecule is COC(=O)c1cc(Br)cc(/C=C(\NC(=O)OC(C)(C)C)C(=O)OCc2ccccc2)c1. The van der Waals surface area contributed by atoms with E-state index in [-0.39, 0.29) is 17.9 Å². The van der Waals surface area contributed by atoms with Gasteiger partial charge < -0.3 is 14.2 Å². The van der Waals surface area contributed by atoms with E-state index in [1.54, 1.807) is 32.9 Å². The molecule has 0 saturated carbocycles. The number of carbonyl (C=O) groups is 3. The van der Waals surface area contributed by atoms with E-state index in [1.165, 1.54) is 19.3 Å². The molecule has 2 aromatic rings. The number of methoxy groups -OCH3 is 1. The van der Waals surface area contributed by atoms with Crippen molar-refractivity contribution in [3.8, 4) is 0 Å². The zero-order valence-corrected chi connectivity index (χ0v) is 19.3. The van der Waals surface area contributed by atoms with Gasteiger partial charge in [-0.25, -0.2) is 14.4 Å². The quantitative estimate of drug-likeness (QED) is 0.354. The highest BCUT2D eigenvalue weighted by atomic mass is 79.9. The number of amides is 1. The molecule has 0 unspecified atom stereocenters. The molecule has 0 aliphatic carbocycles. The van der Waals surface area contributed by atoms with Crippen molar-refractivity contribution in [2.75, 3.05) is 7.11 Å². The van der Waals surface area contributed by atoms with Crippen LogP contribution in [0.3, 0.4) is 0 Å². The fourth-order valence-electron chi connectivity index (χ4n) is 2.46. The van der Waals surface area contributed by atoms with Crippen LogP contribution in [-0.2, 0) is 25.6 Å². The Morgan fingerprint density at radius 3 is 2.35 bits per heavy atom. The highest BCUT2D eigenvalue weighted by Gasteiger charge is 2.21. The van der Waals surface area contributed by atoms with Gasteiger partial charge in [0.05, 0.1) is 12.7 Å². The molecule has 7 nitrogen and oxygen atoms in total. The second kappa shape index (κ2) is 10.8. The third-order valence-electron chi connectivity index (χ3n) is 3.72. The number of rotatable bonds is 6. The van der Waals surface area contributed by atoms with E-state index in [0.29, 0.717) is 10.0 Å². The number of hydrogen-bond donors (Lipinski definition) is 1. The van der Waals surface area contributed by atoms with Crippen LogP contribution in [0.4, 0.5) is 4.79 Å². The molecule has 1 amide bonds. The van der Waals surface area contributed by atoms with Crippen LogP contribution in [0.15, 0.2) is 58.7 Å². The standard InChI is InChI=1S/C23H24BrNO6/c1-23(2,3)31-22(28)25-19(21(27)30-14-15-8-6-5-7-9-15)12-16-10-17(20(26)29-4)13-18(24)11-16/h5-13H,14H2,1-4H3,(H,25,28)/b19-12-. The summed E-state index contributed by atoms with van der Waals surface area (Å²) in [6.07, 6.45) is 0.590. The lowest BCUT2D eigenvalue weighted by molar-refractivity contribution is -0.140. The molecule has 0 spiro atoms. The average molecular weight is 490 g/mol. The van der Waals surface area contributed by atoms with Crippen LogP contribution in [0, 0.1) is 0 Å². The molecule has 0 atom stereocenters. The number of halogens is 1. The maximum atomic E-state index is 12.7. The summed E-state index contributed by atoms with van der Waals surface area (Å²) in [5.74, 6) is -1.29. The van der Waals surface area contributed by atoms with E-state index < -0.39 is 23.6 Å². The van der Waals surface area contributed by atoms with Gasteiger partial charge in [-0.1, -0.05) is 46.3 Å². The van der Waals surface area contributed by atoms with Crippen molar-refractivity contribution in [1.82, 2.24) is 5.32 Å². The Morgan fingerprint density at radius 1 is 1.06 bits per heavy atom. The van der Waals surface area contributed by atoms with E-state index in [1.807, 2.05) is 30.3 Å². The molecule has 0 saturated heterocycles. The second-order valence-corrected chi connectivity index (χ2v) is 8.43. The third kappa shape index (κ3) is 8.25. The van der Waals surface area contributed by atoms with E-state index in [9.17, 15) is 14.4 Å². The third-order valence-corrected chi connectivity index (χ3v) is 4.18. The summed E-state index contributed by atoms with van der Waals surface area (Å²) >= 11 is 3.32. The molecule has 31 heavy (non-hydrogen) atoms. The van der Waals surface area contributed by atoms with Gasteiger partial charge >= 0.3 is 18.0 Å². The Balaban J connectivity index is 2.32. The molecule has 2 aromatic carbocycles. The predicted octanol–water partition coefficient (Wildman–Crippen LogP) is 4.84. The minimum Gasteiger partial charge on any atom is -0.465 e. The molecular formula is C23H24BrNO6. The van der Waals surface area contributed by atoms with Crippen LogP contribution >= 0.6 is 15.9 Å². The zero-order valence-electron chi connectivity index (χ0n) is 17.7. The Bertz CT molecular complexity index is 979. The van der Waals surface area contributed by atoms with E-state index >= 15 is 0 Å². The van der Waals surface area contributed by atoms with Gasteiger partial charge in [0, 0.05) is 4.47 Å². The van der Waals surface area contributed by atoms with Crippen molar-refractivity contribution in [1.29, 1.82) is 0 Å². The smallest absolute Gasteiger partial charge is 0.412 e. The van der Waals surface area contributed by atoms with Crippen molar-refractivity contribution in [3.63, 3.8) is 0 Å². The lowest BCUT2D eigenvalue weighted by Crippen LogP contribution is -2.34. The fraction of sp³-hybridized carbons (Fsp3) is 0.261. The maximum absolute atomic E-state index is 12.7. The van der Waals surface area contributed by atoms with Gasteiger partial charge in [0.25, 0.3) is 0 Å². The first kappa shape index (κ1) is 24.1. The molecule has 8 heteroatoms. The van der Waals surface area contributed by atoms with Gasteiger partial charge in [0.15, 0.2) is 0 Å². The topological polar surface area (TPSA) is 90.9 Å². The monoisotopic (exact) mass is 489 g/mol. The summed E-state index contributed by atoms with van der Waals surface area (Å²) in [6, 6.07) is 13.9. The first-order valence-electron chi connectivity index (χ1n) is 9.39. The Labute approximate surface area is 189 Å². The number of esters is 2. The number of nitrogens with one attached hydrogen (secondary N) is 1. The highest BCUT2D eigenvalue weighted by Crippen LogP contribution is 2.19. The van der Waals surface area contributed by atoms with Crippen molar-refractivity contribution in [2.45, 2.75) is 33.0 Å². The lowest BCUT2D eigenvalue weighted by Gasteiger charge is -2.20. The summed E-state index contributed by atoms with van der Waals surface area (Å²) in [5.41, 5.74) is 0.647. The summed E-state index contributed by atoms with van der Waals surface area (Å²) in [5, 5.41) is 2.43. The van der Waals surface area contributed by atoms with Crippen LogP contribution in [0.25, 0.3) is 6.08 Å². The van der Waals surface area contributed by atoms with Gasteiger partial charge in [-0.15, -0.1) is 0 Å². The molecule has 0 bridgehead atoms. The second-order valence-electron chi connectivity index (χ2n) is 7.51. The van der Waals surface area contributed by atoms with Gasteiger partial charge in [-0.3, -0.25) is 5.32 Å². The lowest BCUT2D eigenvalue weighted by atomic mass is 10.1. The average Bonchev–Trinajstić information content (AvgIpc) is 2.69. The highest BCUT2D eigenvalue weighted by molar-refractivity contribution is 9.10. The molecule has 0 aromatic heterocycles. The summed E-state index contributed by atoms with van der Waals surface area (Å²) in [4.78, 5) is 36.9. The maximum Gasteiger partial charge on any atom is 0.412 e. The molecule has 0 aliphatic rings. The van der Waals surface area contributed by atoms with Crippen LogP contribution in [-0.4, -0.2) is 30.7 Å². The summed E-state index contributed by atoms with van der Waals surface area (Å²) in [7, 11) is 1.27. The number of carbonyl (C=O) groups excluding carboxylic acids is 3. The van der Waals surface area contributed by atoms with Gasteiger partial charge in [0.1, 0.15) is 17.9 Å². The molecular weight excluding hydrogens is 466 g/mol. The van der Waals surface area contributed by atoms with Gasteiger partial charge in [-0.05, 0) is 56.2 Å². The van der Waals surface area contributed by atoms with Crippen LogP contribution in [0.2, 0.25) is 0 Å². The minimum atomic E-state index is -0.807. The first-order chi connectivity index (χ1) is 14.6. The number of ether oxygens (including phenoxy) is 3. The Kier molecular flexibility index (Phi) is 8.38. The Hall–Kier alpha value is -3.13. The Morgan fingerprint density at radius 2 is 1.74 bits per heavy atom.